The number of aromatic carboxylic acids is 1. The number of rotatable bonds is 7. The van der Waals surface area contributed by atoms with E-state index in [2.05, 4.69) is 15.9 Å². The lowest BCUT2D eigenvalue weighted by atomic mass is 10.0. The smallest absolute Gasteiger partial charge is 0.341 e. The number of carbonyl (C=O) groups is 3. The van der Waals surface area contributed by atoms with Crippen LogP contribution in [0.5, 0.6) is 5.75 Å². The van der Waals surface area contributed by atoms with Crippen molar-refractivity contribution in [3.8, 4) is 5.75 Å². The maximum atomic E-state index is 12.4. The summed E-state index contributed by atoms with van der Waals surface area (Å²) in [5, 5.41) is 17.7. The molecule has 0 fully saturated rings. The zero-order valence-electron chi connectivity index (χ0n) is 13.7. The third kappa shape index (κ3) is 5.03. The lowest BCUT2D eigenvalue weighted by molar-refractivity contribution is -0.139. The van der Waals surface area contributed by atoms with E-state index in [9.17, 15) is 14.4 Å². The molecule has 0 aliphatic heterocycles. The SMILES string of the molecule is Cc1ccc(C(=O)O)cc1C(=O)/C=C/c1ccc(OCC(=O)O)c(Br)c1. The maximum Gasteiger partial charge on any atom is 0.341 e. The molecule has 0 saturated carbocycles. The van der Waals surface area contributed by atoms with E-state index in [0.717, 1.165) is 0 Å². The number of allylic oxidation sites excluding steroid dienone is 1. The molecule has 0 heterocycles. The number of ketones is 1. The van der Waals surface area contributed by atoms with Crippen molar-refractivity contribution < 1.29 is 29.3 Å². The molecule has 2 N–H and O–H groups in total. The second-order valence-electron chi connectivity index (χ2n) is 5.40. The van der Waals surface area contributed by atoms with Crippen LogP contribution in [-0.4, -0.2) is 34.5 Å². The van der Waals surface area contributed by atoms with Gasteiger partial charge in [-0.3, -0.25) is 4.79 Å². The molecule has 0 saturated heterocycles. The minimum Gasteiger partial charge on any atom is -0.481 e. The third-order valence-electron chi connectivity index (χ3n) is 3.48. The predicted octanol–water partition coefficient (Wildman–Crippen LogP) is 3.82. The van der Waals surface area contributed by atoms with E-state index in [4.69, 9.17) is 14.9 Å². The highest BCUT2D eigenvalue weighted by Crippen LogP contribution is 2.26. The molecule has 26 heavy (non-hydrogen) atoms. The average molecular weight is 419 g/mol. The fourth-order valence-electron chi connectivity index (χ4n) is 2.16. The third-order valence-corrected chi connectivity index (χ3v) is 4.10. The van der Waals surface area contributed by atoms with E-state index in [1.165, 1.54) is 18.2 Å². The predicted molar refractivity (Wildman–Crippen MR) is 98.8 cm³/mol. The van der Waals surface area contributed by atoms with E-state index in [0.29, 0.717) is 26.9 Å². The van der Waals surface area contributed by atoms with Gasteiger partial charge in [0.05, 0.1) is 10.0 Å². The van der Waals surface area contributed by atoms with E-state index in [1.807, 2.05) is 0 Å². The van der Waals surface area contributed by atoms with E-state index >= 15 is 0 Å². The van der Waals surface area contributed by atoms with Crippen LogP contribution in [0.2, 0.25) is 0 Å². The van der Waals surface area contributed by atoms with Crippen LogP contribution in [-0.2, 0) is 4.79 Å². The summed E-state index contributed by atoms with van der Waals surface area (Å²) in [5.41, 5.74) is 1.75. The Balaban J connectivity index is 2.18. The average Bonchev–Trinajstić information content (AvgIpc) is 2.58. The van der Waals surface area contributed by atoms with Gasteiger partial charge in [0, 0.05) is 5.56 Å². The van der Waals surface area contributed by atoms with Gasteiger partial charge in [-0.15, -0.1) is 0 Å². The summed E-state index contributed by atoms with van der Waals surface area (Å²) in [6, 6.07) is 9.34. The van der Waals surface area contributed by atoms with Gasteiger partial charge in [0.2, 0.25) is 0 Å². The Hall–Kier alpha value is -2.93. The minimum atomic E-state index is -1.09. The minimum absolute atomic E-state index is 0.0510. The number of carbonyl (C=O) groups excluding carboxylic acids is 1. The maximum absolute atomic E-state index is 12.4. The Morgan fingerprint density at radius 3 is 2.46 bits per heavy atom. The van der Waals surface area contributed by atoms with E-state index < -0.39 is 18.5 Å². The summed E-state index contributed by atoms with van der Waals surface area (Å²) in [6.45, 7) is 1.28. The first-order valence-corrected chi connectivity index (χ1v) is 8.27. The van der Waals surface area contributed by atoms with Crippen molar-refractivity contribution in [3.63, 3.8) is 0 Å². The molecule has 0 spiro atoms. The molecule has 0 atom stereocenters. The Morgan fingerprint density at radius 2 is 1.85 bits per heavy atom. The fourth-order valence-corrected chi connectivity index (χ4v) is 2.67. The highest BCUT2D eigenvalue weighted by molar-refractivity contribution is 9.10. The van der Waals surface area contributed by atoms with Crippen LogP contribution in [0.25, 0.3) is 6.08 Å². The molecule has 2 rings (SSSR count). The molecule has 0 aliphatic rings. The molecule has 6 nitrogen and oxygen atoms in total. The van der Waals surface area contributed by atoms with Gasteiger partial charge in [-0.05, 0) is 64.3 Å². The number of benzene rings is 2. The summed E-state index contributed by atoms with van der Waals surface area (Å²) < 4.78 is 5.66. The molecule has 0 aromatic heterocycles. The number of halogens is 1. The number of hydrogen-bond donors (Lipinski definition) is 2. The van der Waals surface area contributed by atoms with Crippen LogP contribution >= 0.6 is 15.9 Å². The van der Waals surface area contributed by atoms with Crippen molar-refractivity contribution in [2.24, 2.45) is 0 Å². The Kier molecular flexibility index (Phi) is 6.30. The standard InChI is InChI=1S/C19H15BrO6/c1-11-2-5-13(19(24)25)9-14(11)16(21)6-3-12-4-7-17(15(20)8-12)26-10-18(22)23/h2-9H,10H2,1H3,(H,22,23)(H,24,25)/b6-3+. The molecule has 2 aromatic carbocycles. The second kappa shape index (κ2) is 8.44. The Morgan fingerprint density at radius 1 is 1.12 bits per heavy atom. The first-order valence-electron chi connectivity index (χ1n) is 7.48. The van der Waals surface area contributed by atoms with Crippen molar-refractivity contribution in [1.82, 2.24) is 0 Å². The van der Waals surface area contributed by atoms with Crippen molar-refractivity contribution in [2.45, 2.75) is 6.92 Å². The number of carboxylic acid groups (broad SMARTS) is 2. The van der Waals surface area contributed by atoms with Gasteiger partial charge in [0.25, 0.3) is 0 Å². The molecule has 0 aliphatic carbocycles. The number of aryl methyl sites for hydroxylation is 1. The molecule has 0 unspecified atom stereocenters. The summed E-state index contributed by atoms with van der Waals surface area (Å²) in [5.74, 6) is -2.11. The Labute approximate surface area is 157 Å². The van der Waals surface area contributed by atoms with Crippen LogP contribution in [0, 0.1) is 6.92 Å². The van der Waals surface area contributed by atoms with Gasteiger partial charge in [0.15, 0.2) is 12.4 Å². The molecule has 7 heteroatoms. The van der Waals surface area contributed by atoms with Gasteiger partial charge in [-0.2, -0.15) is 0 Å². The molecule has 0 radical (unpaired) electrons. The largest absolute Gasteiger partial charge is 0.481 e. The zero-order valence-corrected chi connectivity index (χ0v) is 15.3. The van der Waals surface area contributed by atoms with Gasteiger partial charge >= 0.3 is 11.9 Å². The van der Waals surface area contributed by atoms with Crippen LogP contribution in [0.3, 0.4) is 0 Å². The van der Waals surface area contributed by atoms with Crippen LogP contribution in [0.4, 0.5) is 0 Å². The van der Waals surface area contributed by atoms with E-state index in [1.54, 1.807) is 37.3 Å². The Bertz CT molecular complexity index is 901. The highest BCUT2D eigenvalue weighted by atomic mass is 79.9. The van der Waals surface area contributed by atoms with Gasteiger partial charge in [0.1, 0.15) is 5.75 Å². The van der Waals surface area contributed by atoms with Gasteiger partial charge in [-0.25, -0.2) is 9.59 Å². The van der Waals surface area contributed by atoms with Gasteiger partial charge in [-0.1, -0.05) is 18.2 Å². The normalized spacial score (nSPS) is 10.7. The topological polar surface area (TPSA) is 101 Å². The van der Waals surface area contributed by atoms with E-state index in [-0.39, 0.29) is 11.3 Å². The van der Waals surface area contributed by atoms with Gasteiger partial charge < -0.3 is 14.9 Å². The molecule has 134 valence electrons. The fraction of sp³-hybridized carbons (Fsp3) is 0.105. The van der Waals surface area contributed by atoms with Crippen molar-refractivity contribution >= 4 is 39.7 Å². The van der Waals surface area contributed by atoms with Crippen molar-refractivity contribution in [1.29, 1.82) is 0 Å². The lowest BCUT2D eigenvalue weighted by Crippen LogP contribution is -2.09. The number of hydrogen-bond acceptors (Lipinski definition) is 4. The molecule has 2 aromatic rings. The van der Waals surface area contributed by atoms with Crippen LogP contribution in [0.15, 0.2) is 46.9 Å². The van der Waals surface area contributed by atoms with Crippen LogP contribution < -0.4 is 4.74 Å². The zero-order chi connectivity index (χ0) is 19.3. The summed E-state index contributed by atoms with van der Waals surface area (Å²) >= 11 is 3.28. The molecular weight excluding hydrogens is 404 g/mol. The first kappa shape index (κ1) is 19.4. The molecular formula is C19H15BrO6. The van der Waals surface area contributed by atoms with Crippen molar-refractivity contribution in [3.05, 3.63) is 69.2 Å². The summed E-state index contributed by atoms with van der Waals surface area (Å²) in [7, 11) is 0. The van der Waals surface area contributed by atoms with Crippen LogP contribution in [0.1, 0.15) is 31.8 Å². The first-order chi connectivity index (χ1) is 12.3. The van der Waals surface area contributed by atoms with Crippen molar-refractivity contribution in [2.75, 3.05) is 6.61 Å². The molecule has 0 bridgehead atoms. The number of ether oxygens (including phenoxy) is 1. The highest BCUT2D eigenvalue weighted by Gasteiger charge is 2.11. The summed E-state index contributed by atoms with van der Waals surface area (Å²) in [6.07, 6.45) is 2.94. The quantitative estimate of drug-likeness (QED) is 0.523. The lowest BCUT2D eigenvalue weighted by Gasteiger charge is -2.06. The summed E-state index contributed by atoms with van der Waals surface area (Å²) in [4.78, 5) is 33.9. The number of aliphatic carboxylic acids is 1. The second-order valence-corrected chi connectivity index (χ2v) is 6.26. The molecule has 0 amide bonds. The monoisotopic (exact) mass is 418 g/mol. The number of carboxylic acids is 2.